The molecule has 0 radical (unpaired) electrons. The molecule has 74 valence electrons. The van der Waals surface area contributed by atoms with Crippen molar-refractivity contribution in [1.29, 1.82) is 0 Å². The van der Waals surface area contributed by atoms with E-state index in [0.717, 1.165) is 0 Å². The summed E-state index contributed by atoms with van der Waals surface area (Å²) >= 11 is 0. The fourth-order valence-electron chi connectivity index (χ4n) is 1.53. The van der Waals surface area contributed by atoms with Crippen LogP contribution in [0.15, 0.2) is 11.6 Å². The molecule has 13 heavy (non-hydrogen) atoms. The van der Waals surface area contributed by atoms with Crippen LogP contribution in [0.4, 0.5) is 13.2 Å². The smallest absolute Gasteiger partial charge is 0.409 e. The zero-order valence-electron chi connectivity index (χ0n) is 6.77. The molecule has 1 aliphatic carbocycles. The highest BCUT2D eigenvalue weighted by atomic mass is 19.4. The second kappa shape index (κ2) is 3.40. The Labute approximate surface area is 73.1 Å². The zero-order valence-corrected chi connectivity index (χ0v) is 6.77. The van der Waals surface area contributed by atoms with Crippen LogP contribution in [-0.2, 0) is 4.79 Å². The summed E-state index contributed by atoms with van der Waals surface area (Å²) in [5.41, 5.74) is 0.000000000000000444. The third kappa shape index (κ3) is 2.75. The van der Waals surface area contributed by atoms with Crippen molar-refractivity contribution in [2.24, 2.45) is 5.92 Å². The highest BCUT2D eigenvalue weighted by molar-refractivity contribution is 5.74. The predicted molar refractivity (Wildman–Crippen MR) is 39.1 cm³/mol. The largest absolute Gasteiger partial charge is 0.481 e. The molecule has 0 amide bonds. The molecule has 0 aromatic carbocycles. The summed E-state index contributed by atoms with van der Waals surface area (Å²) in [5, 5.41) is 8.57. The Morgan fingerprint density at radius 2 is 2.15 bits per heavy atom. The quantitative estimate of drug-likeness (QED) is 0.650. The Kier molecular flexibility index (Phi) is 2.63. The fourth-order valence-corrected chi connectivity index (χ4v) is 1.53. The molecule has 0 aromatic heterocycles. The van der Waals surface area contributed by atoms with Crippen molar-refractivity contribution < 1.29 is 23.1 Å². The molecule has 1 atom stereocenters. The standard InChI is InChI=1S/C8H9F3O2/c9-8(10,11)4-5-2-1-3-6(5)7(12)13/h4,6H,1-3H2,(H,12,13). The lowest BCUT2D eigenvalue weighted by atomic mass is 10.0. The highest BCUT2D eigenvalue weighted by Gasteiger charge is 2.32. The van der Waals surface area contributed by atoms with E-state index in [9.17, 15) is 18.0 Å². The Balaban J connectivity index is 2.80. The minimum Gasteiger partial charge on any atom is -0.481 e. The van der Waals surface area contributed by atoms with Gasteiger partial charge in [-0.05, 0) is 19.3 Å². The van der Waals surface area contributed by atoms with Gasteiger partial charge in [0.25, 0.3) is 0 Å². The van der Waals surface area contributed by atoms with Gasteiger partial charge in [-0.2, -0.15) is 13.2 Å². The van der Waals surface area contributed by atoms with E-state index in [0.29, 0.717) is 12.8 Å². The van der Waals surface area contributed by atoms with E-state index in [1.807, 2.05) is 0 Å². The minimum absolute atomic E-state index is 0.000000000000000444. The molecule has 0 bridgehead atoms. The van der Waals surface area contributed by atoms with Gasteiger partial charge in [-0.1, -0.05) is 5.57 Å². The van der Waals surface area contributed by atoms with Gasteiger partial charge >= 0.3 is 12.1 Å². The van der Waals surface area contributed by atoms with Crippen LogP contribution in [0.1, 0.15) is 19.3 Å². The first-order chi connectivity index (χ1) is 5.90. The number of aliphatic carboxylic acids is 1. The van der Waals surface area contributed by atoms with E-state index in [2.05, 4.69) is 0 Å². The number of hydrogen-bond acceptors (Lipinski definition) is 1. The first-order valence-corrected chi connectivity index (χ1v) is 3.91. The van der Waals surface area contributed by atoms with Gasteiger partial charge in [-0.3, -0.25) is 4.79 Å². The lowest BCUT2D eigenvalue weighted by Gasteiger charge is -2.07. The van der Waals surface area contributed by atoms with E-state index in [4.69, 9.17) is 5.11 Å². The third-order valence-electron chi connectivity index (χ3n) is 2.05. The highest BCUT2D eigenvalue weighted by Crippen LogP contribution is 2.34. The second-order valence-electron chi connectivity index (χ2n) is 3.04. The molecule has 1 N–H and O–H groups in total. The molecule has 2 nitrogen and oxygen atoms in total. The molecule has 5 heteroatoms. The van der Waals surface area contributed by atoms with Gasteiger partial charge in [0.15, 0.2) is 0 Å². The Morgan fingerprint density at radius 1 is 1.54 bits per heavy atom. The Bertz CT molecular complexity index is 242. The molecular weight excluding hydrogens is 185 g/mol. The SMILES string of the molecule is O=C(O)C1CCCC1=CC(F)(F)F. The maximum Gasteiger partial charge on any atom is 0.409 e. The maximum atomic E-state index is 11.9. The topological polar surface area (TPSA) is 37.3 Å². The Morgan fingerprint density at radius 3 is 2.62 bits per heavy atom. The van der Waals surface area contributed by atoms with Crippen LogP contribution >= 0.6 is 0 Å². The van der Waals surface area contributed by atoms with Gasteiger partial charge in [-0.25, -0.2) is 0 Å². The molecule has 1 aliphatic rings. The van der Waals surface area contributed by atoms with Gasteiger partial charge in [0.2, 0.25) is 0 Å². The van der Waals surface area contributed by atoms with Crippen LogP contribution in [0.3, 0.4) is 0 Å². The molecule has 0 spiro atoms. The number of rotatable bonds is 1. The number of halogens is 3. The monoisotopic (exact) mass is 194 g/mol. The van der Waals surface area contributed by atoms with Gasteiger partial charge in [0, 0.05) is 6.08 Å². The lowest BCUT2D eigenvalue weighted by Crippen LogP contribution is -2.13. The summed E-state index contributed by atoms with van der Waals surface area (Å²) in [7, 11) is 0. The lowest BCUT2D eigenvalue weighted by molar-refractivity contribution is -0.140. The number of carboxylic acid groups (broad SMARTS) is 1. The maximum absolute atomic E-state index is 11.9. The first-order valence-electron chi connectivity index (χ1n) is 3.91. The van der Waals surface area contributed by atoms with Crippen molar-refractivity contribution in [1.82, 2.24) is 0 Å². The van der Waals surface area contributed by atoms with Crippen LogP contribution in [0.5, 0.6) is 0 Å². The fraction of sp³-hybridized carbons (Fsp3) is 0.625. The van der Waals surface area contributed by atoms with Crippen LogP contribution in [-0.4, -0.2) is 17.3 Å². The predicted octanol–water partition coefficient (Wildman–Crippen LogP) is 2.36. The summed E-state index contributed by atoms with van der Waals surface area (Å²) in [6.07, 6.45) is -3.18. The second-order valence-corrected chi connectivity index (χ2v) is 3.04. The zero-order chi connectivity index (χ0) is 10.1. The molecular formula is C8H9F3O2. The normalized spacial score (nSPS) is 26.7. The van der Waals surface area contributed by atoms with Crippen molar-refractivity contribution in [2.45, 2.75) is 25.4 Å². The van der Waals surface area contributed by atoms with Crippen molar-refractivity contribution in [2.75, 3.05) is 0 Å². The van der Waals surface area contributed by atoms with Crippen LogP contribution in [0.2, 0.25) is 0 Å². The molecule has 0 heterocycles. The van der Waals surface area contributed by atoms with Crippen LogP contribution in [0.25, 0.3) is 0 Å². The van der Waals surface area contributed by atoms with E-state index < -0.39 is 18.1 Å². The summed E-state index contributed by atoms with van der Waals surface area (Å²) in [6, 6.07) is 0. The van der Waals surface area contributed by atoms with Gasteiger partial charge < -0.3 is 5.11 Å². The molecule has 1 fully saturated rings. The number of alkyl halides is 3. The van der Waals surface area contributed by atoms with E-state index in [1.54, 1.807) is 0 Å². The number of allylic oxidation sites excluding steroid dienone is 1. The Hall–Kier alpha value is -1.00. The van der Waals surface area contributed by atoms with Crippen LogP contribution < -0.4 is 0 Å². The van der Waals surface area contributed by atoms with E-state index >= 15 is 0 Å². The number of hydrogen-bond donors (Lipinski definition) is 1. The molecule has 1 unspecified atom stereocenters. The van der Waals surface area contributed by atoms with Gasteiger partial charge in [0.1, 0.15) is 0 Å². The van der Waals surface area contributed by atoms with E-state index in [-0.39, 0.29) is 18.1 Å². The summed E-state index contributed by atoms with van der Waals surface area (Å²) in [4.78, 5) is 10.5. The summed E-state index contributed by atoms with van der Waals surface area (Å²) < 4.78 is 35.6. The molecule has 0 aliphatic heterocycles. The van der Waals surface area contributed by atoms with Crippen molar-refractivity contribution in [3.8, 4) is 0 Å². The van der Waals surface area contributed by atoms with Crippen molar-refractivity contribution >= 4 is 5.97 Å². The first kappa shape index (κ1) is 10.1. The molecule has 0 saturated heterocycles. The average molecular weight is 194 g/mol. The van der Waals surface area contributed by atoms with E-state index in [1.165, 1.54) is 0 Å². The average Bonchev–Trinajstić information content (AvgIpc) is 2.31. The number of carbonyl (C=O) groups is 1. The minimum atomic E-state index is -4.40. The van der Waals surface area contributed by atoms with Gasteiger partial charge in [-0.15, -0.1) is 0 Å². The van der Waals surface area contributed by atoms with Crippen molar-refractivity contribution in [3.05, 3.63) is 11.6 Å². The molecule has 1 rings (SSSR count). The van der Waals surface area contributed by atoms with Crippen LogP contribution in [0, 0.1) is 5.92 Å². The van der Waals surface area contributed by atoms with Crippen molar-refractivity contribution in [3.63, 3.8) is 0 Å². The summed E-state index contributed by atoms with van der Waals surface area (Å²) in [5.74, 6) is -2.09. The molecule has 0 aromatic rings. The summed E-state index contributed by atoms with van der Waals surface area (Å²) in [6.45, 7) is 0. The van der Waals surface area contributed by atoms with Gasteiger partial charge in [0.05, 0.1) is 5.92 Å². The third-order valence-corrected chi connectivity index (χ3v) is 2.05. The molecule has 1 saturated carbocycles. The number of carboxylic acids is 1.